The first kappa shape index (κ1) is 40.2. The maximum Gasteiger partial charge on any atom is 0.238 e. The van der Waals surface area contributed by atoms with Gasteiger partial charge in [0.1, 0.15) is 11.2 Å². The largest absolute Gasteiger partial charge is 0.456 e. The molecule has 3 heterocycles. The summed E-state index contributed by atoms with van der Waals surface area (Å²) in [6.45, 7) is 6.85. The molecule has 13 aromatic rings. The lowest BCUT2D eigenvalue weighted by molar-refractivity contribution is 0.630. The molecule has 70 heavy (non-hydrogen) atoms. The van der Waals surface area contributed by atoms with Crippen LogP contribution in [0.15, 0.2) is 217 Å². The lowest BCUT2D eigenvalue weighted by Gasteiger charge is -2.41. The van der Waals surface area contributed by atoms with Gasteiger partial charge < -0.3 is 4.42 Å². The zero-order valence-electron chi connectivity index (χ0n) is 38.9. The minimum Gasteiger partial charge on any atom is -0.456 e. The van der Waals surface area contributed by atoms with Crippen LogP contribution in [-0.4, -0.2) is 15.0 Å². The highest BCUT2D eigenvalue weighted by Crippen LogP contribution is 2.54. The Kier molecular flexibility index (Phi) is 8.78. The van der Waals surface area contributed by atoms with Gasteiger partial charge >= 0.3 is 0 Å². The van der Waals surface area contributed by atoms with Crippen LogP contribution in [0.2, 0.25) is 0 Å². The molecule has 1 aliphatic heterocycles. The molecule has 5 nitrogen and oxygen atoms in total. The zero-order valence-corrected chi connectivity index (χ0v) is 38.9. The number of nitrogens with zero attached hydrogens (tertiary/aromatic N) is 4. The summed E-state index contributed by atoms with van der Waals surface area (Å²) in [5.74, 6) is 1.70. The summed E-state index contributed by atoms with van der Waals surface area (Å²) in [7, 11) is 0. The molecule has 0 saturated carbocycles. The number of anilines is 3. The van der Waals surface area contributed by atoms with Crippen LogP contribution in [0.3, 0.4) is 0 Å². The predicted octanol–water partition coefficient (Wildman–Crippen LogP) is 17.5. The van der Waals surface area contributed by atoms with E-state index in [2.05, 4.69) is 226 Å². The van der Waals surface area contributed by atoms with Gasteiger partial charge in [0, 0.05) is 33.4 Å². The molecule has 0 saturated heterocycles. The molecular weight excluding hydrogens is 853 g/mol. The quantitative estimate of drug-likeness (QED) is 0.161. The standard InChI is InChI=1S/C65H44N4O/c1-39-28-29-50-51(30-39)48-26-12-13-27-49(48)52-35-54-55-36-57-59(38-61(55)70-60(54)37-53(50)52)69(58-34-45-21-11-10-20-44(45)33-56(58)65(57,2)3)64-67-62(46-24-14-22-42(31-46)40-16-6-4-7-17-40)66-63(68-64)47-25-15-23-43(32-47)41-18-8-5-9-19-41/h4-38H,1-3H3. The Balaban J connectivity index is 1.04. The van der Waals surface area contributed by atoms with Crippen molar-refractivity contribution in [3.63, 3.8) is 0 Å². The minimum atomic E-state index is -0.423. The molecule has 5 heteroatoms. The van der Waals surface area contributed by atoms with E-state index in [1.807, 2.05) is 12.1 Å². The zero-order chi connectivity index (χ0) is 46.7. The fraction of sp³-hybridized carbons (Fsp3) is 0.0615. The molecule has 1 aliphatic rings. The summed E-state index contributed by atoms with van der Waals surface area (Å²) in [5.41, 5.74) is 13.0. The van der Waals surface area contributed by atoms with Crippen molar-refractivity contribution in [2.75, 3.05) is 4.90 Å². The van der Waals surface area contributed by atoms with Crippen molar-refractivity contribution in [3.05, 3.63) is 229 Å². The fourth-order valence-electron chi connectivity index (χ4n) is 11.1. The van der Waals surface area contributed by atoms with Gasteiger partial charge in [0.05, 0.1) is 11.4 Å². The summed E-state index contributed by atoms with van der Waals surface area (Å²) in [4.78, 5) is 18.6. The van der Waals surface area contributed by atoms with Gasteiger partial charge in [-0.1, -0.05) is 183 Å². The first-order valence-corrected chi connectivity index (χ1v) is 24.0. The molecule has 0 N–H and O–H groups in total. The summed E-state index contributed by atoms with van der Waals surface area (Å²) >= 11 is 0. The predicted molar refractivity (Wildman–Crippen MR) is 290 cm³/mol. The molecule has 0 amide bonds. The Hall–Kier alpha value is -8.93. The van der Waals surface area contributed by atoms with Gasteiger partial charge in [-0.2, -0.15) is 9.97 Å². The van der Waals surface area contributed by atoms with E-state index >= 15 is 0 Å². The van der Waals surface area contributed by atoms with Gasteiger partial charge in [-0.3, -0.25) is 4.90 Å². The number of fused-ring (bicyclic) bond motifs is 12. The lowest BCUT2D eigenvalue weighted by Crippen LogP contribution is -2.31. The monoisotopic (exact) mass is 896 g/mol. The van der Waals surface area contributed by atoms with Crippen molar-refractivity contribution < 1.29 is 4.42 Å². The molecule has 0 bridgehead atoms. The normalized spacial score (nSPS) is 13.2. The summed E-state index contributed by atoms with van der Waals surface area (Å²) < 4.78 is 7.04. The number of rotatable bonds is 5. The second-order valence-corrected chi connectivity index (χ2v) is 19.3. The average Bonchev–Trinajstić information content (AvgIpc) is 3.76. The van der Waals surface area contributed by atoms with Crippen molar-refractivity contribution in [1.82, 2.24) is 15.0 Å². The van der Waals surface area contributed by atoms with Gasteiger partial charge in [0.15, 0.2) is 11.6 Å². The first-order chi connectivity index (χ1) is 34.3. The van der Waals surface area contributed by atoms with Crippen molar-refractivity contribution in [1.29, 1.82) is 0 Å². The van der Waals surface area contributed by atoms with Crippen molar-refractivity contribution in [3.8, 4) is 45.0 Å². The second kappa shape index (κ2) is 15.3. The molecule has 0 unspecified atom stereocenters. The Morgan fingerprint density at radius 1 is 0.357 bits per heavy atom. The number of benzene rings is 11. The van der Waals surface area contributed by atoms with E-state index < -0.39 is 5.41 Å². The van der Waals surface area contributed by atoms with E-state index in [9.17, 15) is 0 Å². The summed E-state index contributed by atoms with van der Waals surface area (Å²) in [5, 5.41) is 11.9. The Morgan fingerprint density at radius 3 is 1.50 bits per heavy atom. The highest BCUT2D eigenvalue weighted by molar-refractivity contribution is 6.28. The number of hydrogen-bond acceptors (Lipinski definition) is 5. The number of hydrogen-bond donors (Lipinski definition) is 0. The van der Waals surface area contributed by atoms with Crippen LogP contribution in [0.25, 0.3) is 110 Å². The van der Waals surface area contributed by atoms with Crippen LogP contribution in [0.4, 0.5) is 17.3 Å². The summed E-state index contributed by atoms with van der Waals surface area (Å²) in [6, 6.07) is 76.0. The van der Waals surface area contributed by atoms with Crippen molar-refractivity contribution in [2.45, 2.75) is 26.2 Å². The van der Waals surface area contributed by atoms with E-state index in [-0.39, 0.29) is 0 Å². The fourth-order valence-corrected chi connectivity index (χ4v) is 11.1. The Bertz CT molecular complexity index is 4190. The molecule has 11 aromatic carbocycles. The van der Waals surface area contributed by atoms with Crippen LogP contribution in [0.5, 0.6) is 0 Å². The van der Waals surface area contributed by atoms with Crippen molar-refractivity contribution in [2.24, 2.45) is 0 Å². The Morgan fingerprint density at radius 2 is 0.843 bits per heavy atom. The lowest BCUT2D eigenvalue weighted by atomic mass is 9.72. The molecule has 14 rings (SSSR count). The molecular formula is C65H44N4O. The SMILES string of the molecule is Cc1ccc2c(c1)c1ccccc1c1cc3c(cc21)oc1cc2c(cc13)C(C)(C)c1cc3ccccc3cc1N2c1nc(-c2cccc(-c3ccccc3)c2)nc(-c2cccc(-c3ccccc3)c2)n1. The third-order valence-electron chi connectivity index (χ3n) is 14.7. The molecule has 0 spiro atoms. The minimum absolute atomic E-state index is 0.423. The van der Waals surface area contributed by atoms with E-state index in [4.69, 9.17) is 19.4 Å². The maximum absolute atomic E-state index is 7.04. The molecule has 2 aromatic heterocycles. The van der Waals surface area contributed by atoms with E-state index in [1.54, 1.807) is 0 Å². The van der Waals surface area contributed by atoms with Crippen molar-refractivity contribution >= 4 is 82.4 Å². The van der Waals surface area contributed by atoms with E-state index in [1.165, 1.54) is 48.8 Å². The Labute approximate surface area is 405 Å². The average molecular weight is 897 g/mol. The van der Waals surface area contributed by atoms with Gasteiger partial charge in [-0.25, -0.2) is 4.98 Å². The van der Waals surface area contributed by atoms with Crippen LogP contribution >= 0.6 is 0 Å². The van der Waals surface area contributed by atoms with Gasteiger partial charge in [-0.05, 0) is 126 Å². The number of aryl methyl sites for hydroxylation is 1. The van der Waals surface area contributed by atoms with E-state index in [0.29, 0.717) is 17.6 Å². The molecule has 0 aliphatic carbocycles. The maximum atomic E-state index is 7.04. The van der Waals surface area contributed by atoms with Crippen LogP contribution in [0.1, 0.15) is 30.5 Å². The van der Waals surface area contributed by atoms with Gasteiger partial charge in [0.2, 0.25) is 5.95 Å². The van der Waals surface area contributed by atoms with Crippen LogP contribution < -0.4 is 4.90 Å². The number of furan rings is 1. The van der Waals surface area contributed by atoms with Crippen LogP contribution in [-0.2, 0) is 5.41 Å². The van der Waals surface area contributed by atoms with Crippen LogP contribution in [0, 0.1) is 6.92 Å². The third-order valence-corrected chi connectivity index (χ3v) is 14.7. The molecule has 0 fully saturated rings. The van der Waals surface area contributed by atoms with Gasteiger partial charge in [0.25, 0.3) is 0 Å². The first-order valence-electron chi connectivity index (χ1n) is 24.0. The van der Waals surface area contributed by atoms with Gasteiger partial charge in [-0.15, -0.1) is 0 Å². The second-order valence-electron chi connectivity index (χ2n) is 19.3. The third kappa shape index (κ3) is 6.28. The summed E-state index contributed by atoms with van der Waals surface area (Å²) in [6.07, 6.45) is 0. The highest BCUT2D eigenvalue weighted by Gasteiger charge is 2.39. The molecule has 330 valence electrons. The molecule has 0 radical (unpaired) electrons. The smallest absolute Gasteiger partial charge is 0.238 e. The number of aromatic nitrogens is 3. The molecule has 0 atom stereocenters. The highest BCUT2D eigenvalue weighted by atomic mass is 16.3. The van der Waals surface area contributed by atoms with E-state index in [0.717, 1.165) is 77.6 Å². The topological polar surface area (TPSA) is 55.1 Å².